The van der Waals surface area contributed by atoms with E-state index in [1.165, 1.54) is 6.07 Å². The normalized spacial score (nSPS) is 10.4. The van der Waals surface area contributed by atoms with Crippen LogP contribution in [0.3, 0.4) is 0 Å². The molecule has 0 aliphatic carbocycles. The highest BCUT2D eigenvalue weighted by molar-refractivity contribution is 5.74. The molecule has 0 heterocycles. The van der Waals surface area contributed by atoms with Gasteiger partial charge < -0.3 is 20.5 Å². The molecule has 2 rings (SSSR count). The number of nitrogens with two attached hydrogens (primary N) is 1. The predicted molar refractivity (Wildman–Crippen MR) is 82.4 cm³/mol. The number of anilines is 3. The zero-order chi connectivity index (χ0) is 15.2. The van der Waals surface area contributed by atoms with Gasteiger partial charge in [-0.05, 0) is 24.6 Å². The van der Waals surface area contributed by atoms with Crippen LogP contribution in [0.5, 0.6) is 5.75 Å². The summed E-state index contributed by atoms with van der Waals surface area (Å²) in [6.07, 6.45) is 0. The van der Waals surface area contributed by atoms with Gasteiger partial charge in [-0.15, -0.1) is 0 Å². The highest BCUT2D eigenvalue weighted by Gasteiger charge is 2.09. The SMILES string of the molecule is CCOc1cc(Nc2cccc(COC)c2)c(N)cc1F. The van der Waals surface area contributed by atoms with Crippen LogP contribution in [-0.2, 0) is 11.3 Å². The van der Waals surface area contributed by atoms with E-state index in [0.717, 1.165) is 11.3 Å². The molecule has 4 nitrogen and oxygen atoms in total. The topological polar surface area (TPSA) is 56.5 Å². The minimum atomic E-state index is -0.465. The fraction of sp³-hybridized carbons (Fsp3) is 0.250. The molecule has 0 saturated heterocycles. The summed E-state index contributed by atoms with van der Waals surface area (Å²) >= 11 is 0. The Bertz CT molecular complexity index is 617. The predicted octanol–water partition coefficient (Wildman–Crippen LogP) is 3.70. The molecule has 0 unspecified atom stereocenters. The van der Waals surface area contributed by atoms with Gasteiger partial charge >= 0.3 is 0 Å². The van der Waals surface area contributed by atoms with Crippen molar-refractivity contribution in [1.29, 1.82) is 0 Å². The maximum Gasteiger partial charge on any atom is 0.167 e. The average molecular weight is 290 g/mol. The van der Waals surface area contributed by atoms with Gasteiger partial charge in [-0.2, -0.15) is 0 Å². The first-order valence-corrected chi connectivity index (χ1v) is 6.70. The molecule has 5 heteroatoms. The van der Waals surface area contributed by atoms with Crippen molar-refractivity contribution < 1.29 is 13.9 Å². The van der Waals surface area contributed by atoms with E-state index in [1.807, 2.05) is 24.3 Å². The molecule has 2 aromatic rings. The van der Waals surface area contributed by atoms with Crippen molar-refractivity contribution in [3.8, 4) is 5.75 Å². The summed E-state index contributed by atoms with van der Waals surface area (Å²) < 4.78 is 24.0. The van der Waals surface area contributed by atoms with Crippen LogP contribution in [0.2, 0.25) is 0 Å². The Balaban J connectivity index is 2.26. The van der Waals surface area contributed by atoms with Gasteiger partial charge in [0, 0.05) is 24.9 Å². The molecular formula is C16H19FN2O2. The van der Waals surface area contributed by atoms with Crippen LogP contribution >= 0.6 is 0 Å². The minimum absolute atomic E-state index is 0.183. The van der Waals surface area contributed by atoms with Crippen LogP contribution in [-0.4, -0.2) is 13.7 Å². The maximum absolute atomic E-state index is 13.7. The highest BCUT2D eigenvalue weighted by atomic mass is 19.1. The lowest BCUT2D eigenvalue weighted by atomic mass is 10.2. The molecule has 0 atom stereocenters. The van der Waals surface area contributed by atoms with E-state index in [1.54, 1.807) is 20.1 Å². The molecule has 0 fully saturated rings. The van der Waals surface area contributed by atoms with Crippen molar-refractivity contribution in [2.24, 2.45) is 0 Å². The molecule has 0 aliphatic heterocycles. The van der Waals surface area contributed by atoms with Crippen molar-refractivity contribution in [2.45, 2.75) is 13.5 Å². The second-order valence-corrected chi connectivity index (χ2v) is 4.56. The van der Waals surface area contributed by atoms with Crippen molar-refractivity contribution in [3.05, 3.63) is 47.8 Å². The molecule has 0 aromatic heterocycles. The van der Waals surface area contributed by atoms with Crippen LogP contribution in [0.4, 0.5) is 21.5 Å². The van der Waals surface area contributed by atoms with Crippen molar-refractivity contribution in [2.75, 3.05) is 24.8 Å². The Morgan fingerprint density at radius 3 is 2.76 bits per heavy atom. The average Bonchev–Trinajstić information content (AvgIpc) is 2.45. The van der Waals surface area contributed by atoms with E-state index in [9.17, 15) is 4.39 Å². The number of hydrogen-bond acceptors (Lipinski definition) is 4. The van der Waals surface area contributed by atoms with Gasteiger partial charge in [-0.25, -0.2) is 4.39 Å². The zero-order valence-corrected chi connectivity index (χ0v) is 12.2. The summed E-state index contributed by atoms with van der Waals surface area (Å²) in [6.45, 7) is 2.72. The third-order valence-electron chi connectivity index (χ3n) is 2.92. The van der Waals surface area contributed by atoms with Crippen molar-refractivity contribution in [1.82, 2.24) is 0 Å². The maximum atomic E-state index is 13.7. The summed E-state index contributed by atoms with van der Waals surface area (Å²) in [4.78, 5) is 0. The molecular weight excluding hydrogens is 271 g/mol. The third kappa shape index (κ3) is 3.86. The van der Waals surface area contributed by atoms with Gasteiger partial charge in [-0.3, -0.25) is 0 Å². The first kappa shape index (κ1) is 15.1. The molecule has 0 amide bonds. The van der Waals surface area contributed by atoms with Crippen LogP contribution in [0, 0.1) is 5.82 Å². The standard InChI is InChI=1S/C16H19FN2O2/c1-3-21-16-9-15(14(18)8-13(16)17)19-12-6-4-5-11(7-12)10-20-2/h4-9,19H,3,10,18H2,1-2H3. The number of hydrogen-bond donors (Lipinski definition) is 2. The van der Waals surface area contributed by atoms with Crippen LogP contribution in [0.1, 0.15) is 12.5 Å². The Kier molecular flexibility index (Phi) is 5.00. The van der Waals surface area contributed by atoms with Gasteiger partial charge in [0.1, 0.15) is 0 Å². The third-order valence-corrected chi connectivity index (χ3v) is 2.92. The number of nitrogens with one attached hydrogen (secondary N) is 1. The van der Waals surface area contributed by atoms with E-state index in [-0.39, 0.29) is 5.75 Å². The molecule has 0 aliphatic rings. The lowest BCUT2D eigenvalue weighted by Crippen LogP contribution is -2.01. The monoisotopic (exact) mass is 290 g/mol. The van der Waals surface area contributed by atoms with E-state index >= 15 is 0 Å². The van der Waals surface area contributed by atoms with Gasteiger partial charge in [0.25, 0.3) is 0 Å². The molecule has 0 radical (unpaired) electrons. The number of rotatable bonds is 6. The van der Waals surface area contributed by atoms with E-state index in [2.05, 4.69) is 5.32 Å². The summed E-state index contributed by atoms with van der Waals surface area (Å²) in [7, 11) is 1.65. The van der Waals surface area contributed by atoms with Gasteiger partial charge in [0.2, 0.25) is 0 Å². The molecule has 3 N–H and O–H groups in total. The van der Waals surface area contributed by atoms with E-state index in [4.69, 9.17) is 15.2 Å². The Hall–Kier alpha value is -2.27. The summed E-state index contributed by atoms with van der Waals surface area (Å²) in [5.74, 6) is -0.282. The molecule has 2 aromatic carbocycles. The van der Waals surface area contributed by atoms with Gasteiger partial charge in [0.05, 0.1) is 24.6 Å². The number of benzene rings is 2. The summed E-state index contributed by atoms with van der Waals surface area (Å²) in [5.41, 5.74) is 8.67. The largest absolute Gasteiger partial charge is 0.491 e. The van der Waals surface area contributed by atoms with E-state index < -0.39 is 5.82 Å². The molecule has 0 saturated carbocycles. The number of nitrogen functional groups attached to an aromatic ring is 1. The number of methoxy groups -OCH3 is 1. The van der Waals surface area contributed by atoms with Crippen LogP contribution < -0.4 is 15.8 Å². The second kappa shape index (κ2) is 6.95. The molecule has 0 bridgehead atoms. The Morgan fingerprint density at radius 2 is 2.05 bits per heavy atom. The molecule has 21 heavy (non-hydrogen) atoms. The smallest absolute Gasteiger partial charge is 0.167 e. The van der Waals surface area contributed by atoms with Gasteiger partial charge in [-0.1, -0.05) is 12.1 Å². The molecule has 112 valence electrons. The van der Waals surface area contributed by atoms with Crippen molar-refractivity contribution >= 4 is 17.1 Å². The lowest BCUT2D eigenvalue weighted by Gasteiger charge is -2.13. The first-order chi connectivity index (χ1) is 10.1. The Morgan fingerprint density at radius 1 is 1.24 bits per heavy atom. The minimum Gasteiger partial charge on any atom is -0.491 e. The summed E-state index contributed by atoms with van der Waals surface area (Å²) in [6, 6.07) is 10.6. The second-order valence-electron chi connectivity index (χ2n) is 4.56. The fourth-order valence-electron chi connectivity index (χ4n) is 2.00. The number of ether oxygens (including phenoxy) is 2. The van der Waals surface area contributed by atoms with Crippen LogP contribution in [0.25, 0.3) is 0 Å². The first-order valence-electron chi connectivity index (χ1n) is 6.70. The van der Waals surface area contributed by atoms with E-state index in [0.29, 0.717) is 24.6 Å². The lowest BCUT2D eigenvalue weighted by molar-refractivity contribution is 0.185. The number of halogens is 1. The Labute approximate surface area is 123 Å². The zero-order valence-electron chi connectivity index (χ0n) is 12.2. The van der Waals surface area contributed by atoms with Gasteiger partial charge in [0.15, 0.2) is 11.6 Å². The molecule has 0 spiro atoms. The quantitative estimate of drug-likeness (QED) is 0.797. The fourth-order valence-corrected chi connectivity index (χ4v) is 2.00. The van der Waals surface area contributed by atoms with Crippen molar-refractivity contribution in [3.63, 3.8) is 0 Å². The highest BCUT2D eigenvalue weighted by Crippen LogP contribution is 2.30. The van der Waals surface area contributed by atoms with Crippen LogP contribution in [0.15, 0.2) is 36.4 Å². The summed E-state index contributed by atoms with van der Waals surface area (Å²) in [5, 5.41) is 3.17.